The summed E-state index contributed by atoms with van der Waals surface area (Å²) in [6.07, 6.45) is 6.06. The van der Waals surface area contributed by atoms with E-state index < -0.39 is 10.0 Å². The number of guanidine groups is 1. The summed E-state index contributed by atoms with van der Waals surface area (Å²) >= 11 is 0. The molecule has 1 aliphatic heterocycles. The van der Waals surface area contributed by atoms with Crippen molar-refractivity contribution in [1.29, 1.82) is 0 Å². The lowest BCUT2D eigenvalue weighted by molar-refractivity contribution is 0.0904. The van der Waals surface area contributed by atoms with E-state index in [1.165, 1.54) is 25.7 Å². The quantitative estimate of drug-likeness (QED) is 0.386. The highest BCUT2D eigenvalue weighted by Crippen LogP contribution is 2.41. The standard InChI is InChI=1S/C21H42N4O4S/c1-5-22-20(23-18-21(10-15-28-4)8-6-7-9-21)24-11-13-25(14-12-24)30(26,27)17-16-29-19(2)3/h19H,5-18H2,1-4H3,(H,22,23). The van der Waals surface area contributed by atoms with Gasteiger partial charge in [-0.2, -0.15) is 4.31 Å². The first-order valence-corrected chi connectivity index (χ1v) is 13.0. The van der Waals surface area contributed by atoms with Crippen molar-refractivity contribution in [3.8, 4) is 0 Å². The lowest BCUT2D eigenvalue weighted by Gasteiger charge is -2.36. The molecular formula is C21H42N4O4S. The summed E-state index contributed by atoms with van der Waals surface area (Å²) in [5.74, 6) is 0.947. The zero-order valence-electron chi connectivity index (χ0n) is 19.4. The lowest BCUT2D eigenvalue weighted by atomic mass is 9.83. The second-order valence-corrected chi connectivity index (χ2v) is 10.8. The molecule has 0 aromatic rings. The summed E-state index contributed by atoms with van der Waals surface area (Å²) < 4.78 is 37.5. The molecule has 9 heteroatoms. The number of aliphatic imine (C=N–C) groups is 1. The molecule has 176 valence electrons. The monoisotopic (exact) mass is 446 g/mol. The van der Waals surface area contributed by atoms with Crippen LogP contribution in [0.4, 0.5) is 0 Å². The van der Waals surface area contributed by atoms with Crippen molar-refractivity contribution in [1.82, 2.24) is 14.5 Å². The number of hydrogen-bond donors (Lipinski definition) is 1. The van der Waals surface area contributed by atoms with Crippen LogP contribution in [0.25, 0.3) is 0 Å². The van der Waals surface area contributed by atoms with E-state index in [2.05, 4.69) is 17.1 Å². The van der Waals surface area contributed by atoms with E-state index in [9.17, 15) is 8.42 Å². The van der Waals surface area contributed by atoms with Crippen LogP contribution in [0.15, 0.2) is 4.99 Å². The number of sulfonamides is 1. The molecule has 1 heterocycles. The Labute approximate surface area is 183 Å². The van der Waals surface area contributed by atoms with Crippen molar-refractivity contribution >= 4 is 16.0 Å². The molecule has 8 nitrogen and oxygen atoms in total. The van der Waals surface area contributed by atoms with Crippen molar-refractivity contribution < 1.29 is 17.9 Å². The van der Waals surface area contributed by atoms with Crippen molar-refractivity contribution in [3.05, 3.63) is 0 Å². The number of nitrogens with one attached hydrogen (secondary N) is 1. The van der Waals surface area contributed by atoms with Crippen LogP contribution in [0.3, 0.4) is 0 Å². The minimum Gasteiger partial charge on any atom is -0.385 e. The Kier molecular flexibility index (Phi) is 10.3. The van der Waals surface area contributed by atoms with E-state index in [1.807, 2.05) is 13.8 Å². The summed E-state index contributed by atoms with van der Waals surface area (Å²) in [6, 6.07) is 0. The van der Waals surface area contributed by atoms with Crippen LogP contribution in [0.5, 0.6) is 0 Å². The number of piperazine rings is 1. The lowest BCUT2D eigenvalue weighted by Crippen LogP contribution is -2.54. The third kappa shape index (κ3) is 7.66. The van der Waals surface area contributed by atoms with Crippen LogP contribution in [0.1, 0.15) is 52.9 Å². The molecule has 1 aliphatic carbocycles. The first-order chi connectivity index (χ1) is 14.3. The van der Waals surface area contributed by atoms with Gasteiger partial charge in [0, 0.05) is 53.0 Å². The molecule has 0 unspecified atom stereocenters. The summed E-state index contributed by atoms with van der Waals surface area (Å²) in [6.45, 7) is 10.8. The molecule has 1 N–H and O–H groups in total. The normalized spacial score (nSPS) is 20.8. The number of methoxy groups -OCH3 is 1. The van der Waals surface area contributed by atoms with Crippen molar-refractivity contribution in [2.24, 2.45) is 10.4 Å². The number of ether oxygens (including phenoxy) is 2. The van der Waals surface area contributed by atoms with Crippen LogP contribution in [0.2, 0.25) is 0 Å². The van der Waals surface area contributed by atoms with Gasteiger partial charge >= 0.3 is 0 Å². The maximum absolute atomic E-state index is 12.6. The van der Waals surface area contributed by atoms with Crippen LogP contribution >= 0.6 is 0 Å². The molecule has 30 heavy (non-hydrogen) atoms. The fourth-order valence-electron chi connectivity index (χ4n) is 4.30. The van der Waals surface area contributed by atoms with Crippen LogP contribution < -0.4 is 5.32 Å². The van der Waals surface area contributed by atoms with Gasteiger partial charge in [0.15, 0.2) is 5.96 Å². The highest BCUT2D eigenvalue weighted by Gasteiger charge is 2.34. The fourth-order valence-corrected chi connectivity index (χ4v) is 5.58. The molecule has 0 radical (unpaired) electrons. The van der Waals surface area contributed by atoms with Gasteiger partial charge in [-0.15, -0.1) is 0 Å². The van der Waals surface area contributed by atoms with E-state index in [1.54, 1.807) is 11.4 Å². The zero-order valence-corrected chi connectivity index (χ0v) is 20.2. The van der Waals surface area contributed by atoms with Gasteiger partial charge in [-0.1, -0.05) is 12.8 Å². The number of hydrogen-bond acceptors (Lipinski definition) is 5. The van der Waals surface area contributed by atoms with E-state index in [-0.39, 0.29) is 23.9 Å². The van der Waals surface area contributed by atoms with Crippen molar-refractivity contribution in [3.63, 3.8) is 0 Å². The summed E-state index contributed by atoms with van der Waals surface area (Å²) in [5, 5.41) is 3.41. The molecule has 2 rings (SSSR count). The molecule has 1 saturated carbocycles. The molecule has 0 bridgehead atoms. The molecule has 0 aromatic heterocycles. The fraction of sp³-hybridized carbons (Fsp3) is 0.952. The molecule has 0 atom stereocenters. The first kappa shape index (κ1) is 25.4. The maximum Gasteiger partial charge on any atom is 0.216 e. The molecule has 0 aromatic carbocycles. The van der Waals surface area contributed by atoms with E-state index >= 15 is 0 Å². The summed E-state index contributed by atoms with van der Waals surface area (Å²) in [4.78, 5) is 7.18. The number of nitrogens with zero attached hydrogens (tertiary/aromatic N) is 3. The number of rotatable bonds is 11. The minimum atomic E-state index is -3.28. The van der Waals surface area contributed by atoms with Crippen LogP contribution in [0, 0.1) is 5.41 Å². The van der Waals surface area contributed by atoms with E-state index in [4.69, 9.17) is 14.5 Å². The average molecular weight is 447 g/mol. The van der Waals surface area contributed by atoms with Gasteiger partial charge in [-0.3, -0.25) is 4.99 Å². The Balaban J connectivity index is 1.94. The summed E-state index contributed by atoms with van der Waals surface area (Å²) in [5.41, 5.74) is 0.248. The first-order valence-electron chi connectivity index (χ1n) is 11.4. The molecule has 1 saturated heterocycles. The third-order valence-corrected chi connectivity index (χ3v) is 7.96. The van der Waals surface area contributed by atoms with Gasteiger partial charge in [-0.05, 0) is 45.4 Å². The Hall–Kier alpha value is -0.900. The van der Waals surface area contributed by atoms with Gasteiger partial charge in [0.1, 0.15) is 0 Å². The van der Waals surface area contributed by atoms with Crippen LogP contribution in [-0.2, 0) is 19.5 Å². The van der Waals surface area contributed by atoms with Gasteiger partial charge < -0.3 is 19.7 Å². The van der Waals surface area contributed by atoms with Gasteiger partial charge in [0.25, 0.3) is 0 Å². The molecular weight excluding hydrogens is 404 g/mol. The predicted octanol–water partition coefficient (Wildman–Crippen LogP) is 1.92. The average Bonchev–Trinajstić information content (AvgIpc) is 3.18. The Bertz CT molecular complexity index is 625. The topological polar surface area (TPSA) is 83.5 Å². The highest BCUT2D eigenvalue weighted by atomic mass is 32.2. The molecule has 2 aliphatic rings. The SMILES string of the molecule is CCNC(=NCC1(CCOC)CCCC1)N1CCN(S(=O)(=O)CCOC(C)C)CC1. The van der Waals surface area contributed by atoms with Crippen molar-refractivity contribution in [2.75, 3.05) is 65.3 Å². The second kappa shape index (κ2) is 12.2. The Morgan fingerprint density at radius 2 is 1.80 bits per heavy atom. The Morgan fingerprint density at radius 3 is 2.37 bits per heavy atom. The van der Waals surface area contributed by atoms with Gasteiger partial charge in [0.2, 0.25) is 10.0 Å². The van der Waals surface area contributed by atoms with Crippen molar-refractivity contribution in [2.45, 2.75) is 59.0 Å². The molecule has 2 fully saturated rings. The van der Waals surface area contributed by atoms with Gasteiger partial charge in [0.05, 0.1) is 18.5 Å². The smallest absolute Gasteiger partial charge is 0.216 e. The third-order valence-electron chi connectivity index (χ3n) is 6.12. The van der Waals surface area contributed by atoms with Crippen LogP contribution in [-0.4, -0.2) is 95.0 Å². The highest BCUT2D eigenvalue weighted by molar-refractivity contribution is 7.89. The molecule has 0 spiro atoms. The summed E-state index contributed by atoms with van der Waals surface area (Å²) in [7, 11) is -1.52. The molecule has 0 amide bonds. The largest absolute Gasteiger partial charge is 0.385 e. The maximum atomic E-state index is 12.6. The zero-order chi connectivity index (χ0) is 22.0. The second-order valence-electron chi connectivity index (χ2n) is 8.74. The van der Waals surface area contributed by atoms with E-state index in [0.717, 1.165) is 32.1 Å². The minimum absolute atomic E-state index is 0.0430. The van der Waals surface area contributed by atoms with Gasteiger partial charge in [-0.25, -0.2) is 8.42 Å². The van der Waals surface area contributed by atoms with E-state index in [0.29, 0.717) is 26.2 Å². The predicted molar refractivity (Wildman–Crippen MR) is 121 cm³/mol. The Morgan fingerprint density at radius 1 is 1.13 bits per heavy atom.